The van der Waals surface area contributed by atoms with Crippen molar-refractivity contribution in [3.05, 3.63) is 24.7 Å². The van der Waals surface area contributed by atoms with Crippen molar-refractivity contribution in [1.82, 2.24) is 0 Å². The third-order valence-electron chi connectivity index (χ3n) is 1.89. The van der Waals surface area contributed by atoms with E-state index in [-0.39, 0.29) is 0 Å². The molecule has 0 spiro atoms. The molecule has 2 nitrogen and oxygen atoms in total. The molecular weight excluding hydrogens is 204 g/mol. The van der Waals surface area contributed by atoms with Gasteiger partial charge in [0.1, 0.15) is 0 Å². The predicted molar refractivity (Wildman–Crippen MR) is 53.4 cm³/mol. The largest absolute Gasteiger partial charge is 0.422 e. The van der Waals surface area contributed by atoms with Gasteiger partial charge in [0.25, 0.3) is 5.95 Å². The van der Waals surface area contributed by atoms with E-state index in [1.54, 1.807) is 0 Å². The smallest absolute Gasteiger partial charge is 0.282 e. The normalized spacial score (nSPS) is 17.7. The summed E-state index contributed by atoms with van der Waals surface area (Å²) in [6, 6.07) is 4.04. The number of benzene rings is 1. The van der Waals surface area contributed by atoms with Crippen molar-refractivity contribution in [2.24, 2.45) is 0 Å². The highest BCUT2D eigenvalue weighted by molar-refractivity contribution is 8.18. The van der Waals surface area contributed by atoms with Crippen molar-refractivity contribution >= 4 is 23.5 Å². The zero-order chi connectivity index (χ0) is 8.84. The van der Waals surface area contributed by atoms with Crippen molar-refractivity contribution < 1.29 is 9.47 Å². The van der Waals surface area contributed by atoms with Crippen molar-refractivity contribution in [3.63, 3.8) is 0 Å². The summed E-state index contributed by atoms with van der Waals surface area (Å²) in [6.45, 7) is 3.61. The Kier molecular flexibility index (Phi) is 1.54. The molecule has 13 heavy (non-hydrogen) atoms. The van der Waals surface area contributed by atoms with E-state index in [0.29, 0.717) is 5.95 Å². The lowest BCUT2D eigenvalue weighted by Crippen LogP contribution is -1.88. The second-order valence-electron chi connectivity index (χ2n) is 2.73. The van der Waals surface area contributed by atoms with Gasteiger partial charge in [-0.3, -0.25) is 0 Å². The Morgan fingerprint density at radius 2 is 1.62 bits per heavy atom. The summed E-state index contributed by atoms with van der Waals surface area (Å²) in [6.07, 6.45) is 0. The van der Waals surface area contributed by atoms with Gasteiger partial charge < -0.3 is 9.47 Å². The summed E-state index contributed by atoms with van der Waals surface area (Å²) in [4.78, 5) is 2.56. The van der Waals surface area contributed by atoms with Crippen molar-refractivity contribution in [2.45, 2.75) is 9.79 Å². The average Bonchev–Trinajstić information content (AvgIpc) is 2.63. The van der Waals surface area contributed by atoms with E-state index in [1.165, 1.54) is 9.79 Å². The van der Waals surface area contributed by atoms with Crippen LogP contribution in [-0.4, -0.2) is 5.08 Å². The van der Waals surface area contributed by atoms with Gasteiger partial charge in [0, 0.05) is 14.9 Å². The molecule has 0 aromatic heterocycles. The van der Waals surface area contributed by atoms with Crippen LogP contribution < -0.4 is 9.47 Å². The highest BCUT2D eigenvalue weighted by Crippen LogP contribution is 2.49. The second-order valence-corrected chi connectivity index (χ2v) is 5.13. The summed E-state index contributed by atoms with van der Waals surface area (Å²) >= 11 is 3.67. The highest BCUT2D eigenvalue weighted by atomic mass is 32.2. The number of ether oxygens (including phenoxy) is 2. The molecule has 0 radical (unpaired) electrons. The SMILES string of the molecule is C=C1Oc2cc3c(cc2O1)SCS3. The fraction of sp³-hybridized carbons (Fsp3) is 0.111. The number of hydrogen-bond acceptors (Lipinski definition) is 4. The Bertz CT molecular complexity index is 366. The van der Waals surface area contributed by atoms with Crippen LogP contribution in [0.5, 0.6) is 11.5 Å². The van der Waals surface area contributed by atoms with Crippen LogP contribution in [0.2, 0.25) is 0 Å². The molecule has 3 rings (SSSR count). The van der Waals surface area contributed by atoms with Gasteiger partial charge >= 0.3 is 0 Å². The molecule has 2 aliphatic rings. The lowest BCUT2D eigenvalue weighted by molar-refractivity contribution is 0.290. The molecule has 0 unspecified atom stereocenters. The van der Waals surface area contributed by atoms with Gasteiger partial charge in [-0.05, 0) is 18.7 Å². The number of rotatable bonds is 0. The third-order valence-corrected chi connectivity index (χ3v) is 4.26. The molecule has 0 saturated carbocycles. The first-order valence-corrected chi connectivity index (χ1v) is 5.78. The van der Waals surface area contributed by atoms with Crippen LogP contribution in [0, 0.1) is 0 Å². The van der Waals surface area contributed by atoms with Gasteiger partial charge in [0.05, 0.1) is 0 Å². The minimum atomic E-state index is 0.369. The summed E-state index contributed by atoms with van der Waals surface area (Å²) in [7, 11) is 0. The molecule has 4 heteroatoms. The summed E-state index contributed by atoms with van der Waals surface area (Å²) < 4.78 is 10.6. The lowest BCUT2D eigenvalue weighted by Gasteiger charge is -1.98. The van der Waals surface area contributed by atoms with Crippen LogP contribution in [0.1, 0.15) is 0 Å². The van der Waals surface area contributed by atoms with E-state index in [1.807, 2.05) is 35.7 Å². The van der Waals surface area contributed by atoms with Crippen LogP contribution in [0.15, 0.2) is 34.4 Å². The molecule has 66 valence electrons. The Labute approximate surface area is 84.3 Å². The molecule has 0 aliphatic carbocycles. The van der Waals surface area contributed by atoms with Gasteiger partial charge in [0.15, 0.2) is 11.5 Å². The average molecular weight is 210 g/mol. The maximum absolute atomic E-state index is 5.29. The zero-order valence-electron chi connectivity index (χ0n) is 6.70. The molecule has 1 aromatic rings. The molecule has 0 atom stereocenters. The standard InChI is InChI=1S/C9H6O2S2/c1-5-10-6-2-8-9(13-4-12-8)3-7(6)11-5/h2-3H,1,4H2. The number of thioether (sulfide) groups is 2. The molecule has 0 saturated heterocycles. The van der Waals surface area contributed by atoms with E-state index >= 15 is 0 Å². The van der Waals surface area contributed by atoms with E-state index in [9.17, 15) is 0 Å². The van der Waals surface area contributed by atoms with Crippen LogP contribution in [-0.2, 0) is 0 Å². The molecule has 2 heterocycles. The Balaban J connectivity index is 2.15. The second kappa shape index (κ2) is 2.62. The zero-order valence-corrected chi connectivity index (χ0v) is 8.33. The van der Waals surface area contributed by atoms with Crippen LogP contribution >= 0.6 is 23.5 Å². The monoisotopic (exact) mass is 210 g/mol. The number of hydrogen-bond donors (Lipinski definition) is 0. The van der Waals surface area contributed by atoms with Crippen LogP contribution in [0.3, 0.4) is 0 Å². The fourth-order valence-corrected chi connectivity index (χ4v) is 3.72. The number of fused-ring (bicyclic) bond motifs is 2. The minimum Gasteiger partial charge on any atom is -0.422 e. The summed E-state index contributed by atoms with van der Waals surface area (Å²) in [5, 5.41) is 1.08. The van der Waals surface area contributed by atoms with E-state index in [2.05, 4.69) is 6.58 Å². The van der Waals surface area contributed by atoms with Gasteiger partial charge in [-0.1, -0.05) is 0 Å². The molecule has 2 aliphatic heterocycles. The van der Waals surface area contributed by atoms with Gasteiger partial charge in [-0.25, -0.2) is 0 Å². The fourth-order valence-electron chi connectivity index (χ4n) is 1.33. The molecule has 0 N–H and O–H groups in total. The first-order valence-electron chi connectivity index (χ1n) is 3.81. The Morgan fingerprint density at radius 1 is 1.08 bits per heavy atom. The predicted octanol–water partition coefficient (Wildman–Crippen LogP) is 3.08. The van der Waals surface area contributed by atoms with Crippen LogP contribution in [0.25, 0.3) is 0 Å². The van der Waals surface area contributed by atoms with Gasteiger partial charge in [0.2, 0.25) is 0 Å². The van der Waals surface area contributed by atoms with Crippen molar-refractivity contribution in [1.29, 1.82) is 0 Å². The summed E-state index contributed by atoms with van der Waals surface area (Å²) in [5.74, 6) is 1.95. The van der Waals surface area contributed by atoms with E-state index in [0.717, 1.165) is 16.6 Å². The van der Waals surface area contributed by atoms with Crippen molar-refractivity contribution in [2.75, 3.05) is 5.08 Å². The maximum atomic E-state index is 5.29. The quantitative estimate of drug-likeness (QED) is 0.654. The van der Waals surface area contributed by atoms with Crippen LogP contribution in [0.4, 0.5) is 0 Å². The third kappa shape index (κ3) is 1.13. The molecular formula is C9H6O2S2. The molecule has 0 fully saturated rings. The maximum Gasteiger partial charge on any atom is 0.282 e. The Hall–Kier alpha value is -0.740. The first kappa shape index (κ1) is 7.64. The highest BCUT2D eigenvalue weighted by Gasteiger charge is 2.23. The lowest BCUT2D eigenvalue weighted by atomic mass is 10.3. The first-order chi connectivity index (χ1) is 6.33. The van der Waals surface area contributed by atoms with E-state index in [4.69, 9.17) is 9.47 Å². The molecule has 0 amide bonds. The topological polar surface area (TPSA) is 18.5 Å². The minimum absolute atomic E-state index is 0.369. The molecule has 1 aromatic carbocycles. The van der Waals surface area contributed by atoms with Gasteiger partial charge in [-0.2, -0.15) is 0 Å². The van der Waals surface area contributed by atoms with Crippen molar-refractivity contribution in [3.8, 4) is 11.5 Å². The Morgan fingerprint density at radius 3 is 2.15 bits per heavy atom. The summed E-state index contributed by atoms with van der Waals surface area (Å²) in [5.41, 5.74) is 0. The molecule has 0 bridgehead atoms. The van der Waals surface area contributed by atoms with Gasteiger partial charge in [-0.15, -0.1) is 23.5 Å². The van der Waals surface area contributed by atoms with E-state index < -0.39 is 0 Å².